The summed E-state index contributed by atoms with van der Waals surface area (Å²) in [6, 6.07) is 0. The summed E-state index contributed by atoms with van der Waals surface area (Å²) in [5.41, 5.74) is 3.68. The first-order valence-electron chi connectivity index (χ1n) is 3.65. The lowest BCUT2D eigenvalue weighted by Gasteiger charge is -2.45. The lowest BCUT2D eigenvalue weighted by Crippen LogP contribution is -2.34. The van der Waals surface area contributed by atoms with Crippen LogP contribution in [0, 0.1) is 11.3 Å². The molecular formula is C9H16. The molecule has 0 radical (unpaired) electrons. The molecule has 0 aromatic heterocycles. The Labute approximate surface area is 58.0 Å². The number of rotatable bonds is 0. The zero-order chi connectivity index (χ0) is 7.23. The van der Waals surface area contributed by atoms with Crippen LogP contribution in [0.5, 0.6) is 0 Å². The van der Waals surface area contributed by atoms with E-state index >= 15 is 0 Å². The summed E-state index contributed by atoms with van der Waals surface area (Å²) in [6.07, 6.45) is 0. The Hall–Kier alpha value is -0.260. The van der Waals surface area contributed by atoms with Crippen LogP contribution in [-0.4, -0.2) is 0 Å². The summed E-state index contributed by atoms with van der Waals surface area (Å²) in [4.78, 5) is 0. The molecule has 9 heavy (non-hydrogen) atoms. The molecule has 0 nitrogen and oxygen atoms in total. The lowest BCUT2D eigenvalue weighted by atomic mass is 9.60. The van der Waals surface area contributed by atoms with Gasteiger partial charge < -0.3 is 0 Å². The molecular weight excluding hydrogens is 108 g/mol. The zero-order valence-corrected chi connectivity index (χ0v) is 7.08. The molecule has 1 aliphatic rings. The Balaban J connectivity index is 2.92. The Bertz CT molecular complexity index is 161. The molecule has 1 aliphatic carbocycles. The minimum absolute atomic E-state index is 0.490. The van der Waals surface area contributed by atoms with Gasteiger partial charge in [-0.25, -0.2) is 0 Å². The molecule has 0 saturated heterocycles. The standard InChI is InChI=1S/C9H16/c1-6-7(2)9(4,5)8(6)3/h7H,1-5H3. The Kier molecular flexibility index (Phi) is 1.23. The highest BCUT2D eigenvalue weighted by atomic mass is 14.4. The van der Waals surface area contributed by atoms with E-state index in [1.807, 2.05) is 0 Å². The van der Waals surface area contributed by atoms with Crippen LogP contribution in [0.15, 0.2) is 11.1 Å². The van der Waals surface area contributed by atoms with Gasteiger partial charge in [0.2, 0.25) is 0 Å². The maximum atomic E-state index is 2.32. The van der Waals surface area contributed by atoms with E-state index in [1.54, 1.807) is 11.1 Å². The van der Waals surface area contributed by atoms with Crippen LogP contribution in [0.1, 0.15) is 34.6 Å². The second kappa shape index (κ2) is 1.62. The van der Waals surface area contributed by atoms with Crippen molar-refractivity contribution in [3.63, 3.8) is 0 Å². The molecule has 0 heteroatoms. The summed E-state index contributed by atoms with van der Waals surface area (Å²) in [6.45, 7) is 11.4. The predicted molar refractivity (Wildman–Crippen MR) is 41.3 cm³/mol. The molecule has 0 saturated carbocycles. The van der Waals surface area contributed by atoms with Gasteiger partial charge in [-0.2, -0.15) is 0 Å². The zero-order valence-electron chi connectivity index (χ0n) is 7.08. The monoisotopic (exact) mass is 124 g/mol. The Morgan fingerprint density at radius 1 is 1.22 bits per heavy atom. The molecule has 0 amide bonds. The highest BCUT2D eigenvalue weighted by Gasteiger charge is 2.38. The molecule has 52 valence electrons. The van der Waals surface area contributed by atoms with Crippen molar-refractivity contribution >= 4 is 0 Å². The van der Waals surface area contributed by atoms with Crippen molar-refractivity contribution in [2.24, 2.45) is 11.3 Å². The summed E-state index contributed by atoms with van der Waals surface area (Å²) in [5.74, 6) is 0.803. The molecule has 0 aromatic rings. The molecule has 1 unspecified atom stereocenters. The lowest BCUT2D eigenvalue weighted by molar-refractivity contribution is 0.265. The van der Waals surface area contributed by atoms with Gasteiger partial charge >= 0.3 is 0 Å². The number of allylic oxidation sites excluding steroid dienone is 2. The third-order valence-corrected chi connectivity index (χ3v) is 3.29. The highest BCUT2D eigenvalue weighted by Crippen LogP contribution is 2.49. The minimum Gasteiger partial charge on any atom is -0.0702 e. The Morgan fingerprint density at radius 2 is 1.67 bits per heavy atom. The second-order valence-electron chi connectivity index (χ2n) is 3.75. The predicted octanol–water partition coefficient (Wildman–Crippen LogP) is 3.00. The highest BCUT2D eigenvalue weighted by molar-refractivity contribution is 5.32. The van der Waals surface area contributed by atoms with Crippen LogP contribution in [0.25, 0.3) is 0 Å². The second-order valence-corrected chi connectivity index (χ2v) is 3.75. The molecule has 0 bridgehead atoms. The first-order valence-corrected chi connectivity index (χ1v) is 3.65. The van der Waals surface area contributed by atoms with Crippen LogP contribution in [0.3, 0.4) is 0 Å². The van der Waals surface area contributed by atoms with E-state index in [0.29, 0.717) is 5.41 Å². The van der Waals surface area contributed by atoms with Crippen LogP contribution in [0.2, 0.25) is 0 Å². The van der Waals surface area contributed by atoms with Gasteiger partial charge in [-0.15, -0.1) is 0 Å². The molecule has 0 fully saturated rings. The number of hydrogen-bond acceptors (Lipinski definition) is 0. The third kappa shape index (κ3) is 0.654. The molecule has 1 rings (SSSR count). The largest absolute Gasteiger partial charge is 0.0702 e. The van der Waals surface area contributed by atoms with Gasteiger partial charge in [0.15, 0.2) is 0 Å². The first-order chi connectivity index (χ1) is 3.98. The van der Waals surface area contributed by atoms with E-state index in [9.17, 15) is 0 Å². The summed E-state index contributed by atoms with van der Waals surface area (Å²) in [7, 11) is 0. The molecule has 0 N–H and O–H groups in total. The normalized spacial score (nSPS) is 32.3. The third-order valence-electron chi connectivity index (χ3n) is 3.29. The molecule has 1 atom stereocenters. The average molecular weight is 124 g/mol. The van der Waals surface area contributed by atoms with E-state index in [2.05, 4.69) is 34.6 Å². The Morgan fingerprint density at radius 3 is 1.78 bits per heavy atom. The quantitative estimate of drug-likeness (QED) is 0.435. The SMILES string of the molecule is CC1=C(C)C(C)(C)C1C. The molecule has 0 aliphatic heterocycles. The smallest absolute Gasteiger partial charge is 0.00820 e. The van der Waals surface area contributed by atoms with Gasteiger partial charge in [-0.1, -0.05) is 31.9 Å². The topological polar surface area (TPSA) is 0 Å². The maximum absolute atomic E-state index is 2.32. The fraction of sp³-hybridized carbons (Fsp3) is 0.778. The van der Waals surface area contributed by atoms with Gasteiger partial charge in [-0.05, 0) is 25.2 Å². The summed E-state index contributed by atoms with van der Waals surface area (Å²) < 4.78 is 0. The summed E-state index contributed by atoms with van der Waals surface area (Å²) in [5, 5.41) is 0. The van der Waals surface area contributed by atoms with E-state index in [1.165, 1.54) is 0 Å². The van der Waals surface area contributed by atoms with Gasteiger partial charge in [0, 0.05) is 0 Å². The van der Waals surface area contributed by atoms with Crippen molar-refractivity contribution in [2.75, 3.05) is 0 Å². The van der Waals surface area contributed by atoms with Gasteiger partial charge in [0.25, 0.3) is 0 Å². The van der Waals surface area contributed by atoms with Crippen molar-refractivity contribution in [3.8, 4) is 0 Å². The molecule has 0 aromatic carbocycles. The van der Waals surface area contributed by atoms with Crippen LogP contribution < -0.4 is 0 Å². The minimum atomic E-state index is 0.490. The van der Waals surface area contributed by atoms with Gasteiger partial charge in [-0.3, -0.25) is 0 Å². The van der Waals surface area contributed by atoms with Crippen molar-refractivity contribution in [2.45, 2.75) is 34.6 Å². The van der Waals surface area contributed by atoms with Crippen molar-refractivity contribution in [3.05, 3.63) is 11.1 Å². The van der Waals surface area contributed by atoms with E-state index in [-0.39, 0.29) is 0 Å². The fourth-order valence-corrected chi connectivity index (χ4v) is 1.62. The van der Waals surface area contributed by atoms with Crippen molar-refractivity contribution < 1.29 is 0 Å². The van der Waals surface area contributed by atoms with Crippen molar-refractivity contribution in [1.82, 2.24) is 0 Å². The van der Waals surface area contributed by atoms with Crippen LogP contribution >= 0.6 is 0 Å². The van der Waals surface area contributed by atoms with Gasteiger partial charge in [0.1, 0.15) is 0 Å². The maximum Gasteiger partial charge on any atom is -0.00820 e. The fourth-order valence-electron chi connectivity index (χ4n) is 1.62. The van der Waals surface area contributed by atoms with Crippen LogP contribution in [-0.2, 0) is 0 Å². The molecule has 0 heterocycles. The molecule has 0 spiro atoms. The van der Waals surface area contributed by atoms with E-state index in [4.69, 9.17) is 0 Å². The van der Waals surface area contributed by atoms with E-state index < -0.39 is 0 Å². The first kappa shape index (κ1) is 6.85. The summed E-state index contributed by atoms with van der Waals surface area (Å²) >= 11 is 0. The van der Waals surface area contributed by atoms with Crippen molar-refractivity contribution in [1.29, 1.82) is 0 Å². The number of hydrogen-bond donors (Lipinski definition) is 0. The average Bonchev–Trinajstić information content (AvgIpc) is 1.84. The van der Waals surface area contributed by atoms with Gasteiger partial charge in [0.05, 0.1) is 0 Å². The van der Waals surface area contributed by atoms with E-state index in [0.717, 1.165) is 5.92 Å². The van der Waals surface area contributed by atoms with Crippen LogP contribution in [0.4, 0.5) is 0 Å².